The van der Waals surface area contributed by atoms with E-state index in [4.69, 9.17) is 11.6 Å². The van der Waals surface area contributed by atoms with Crippen molar-refractivity contribution in [2.45, 2.75) is 31.1 Å². The van der Waals surface area contributed by atoms with Crippen molar-refractivity contribution in [3.63, 3.8) is 0 Å². The number of hydrogen-bond donors (Lipinski definition) is 0. The van der Waals surface area contributed by atoms with Crippen LogP contribution in [0.4, 0.5) is 5.69 Å². The van der Waals surface area contributed by atoms with Crippen LogP contribution in [-0.2, 0) is 16.4 Å². The highest BCUT2D eigenvalue weighted by atomic mass is 35.5. The fourth-order valence-electron chi connectivity index (χ4n) is 2.98. The van der Waals surface area contributed by atoms with Gasteiger partial charge in [0, 0.05) is 10.6 Å². The predicted octanol–water partition coefficient (Wildman–Crippen LogP) is 5.72. The Balaban J connectivity index is 2.08. The van der Waals surface area contributed by atoms with E-state index in [1.165, 1.54) is 18.2 Å². The average molecular weight is 428 g/mol. The number of halogens is 1. The summed E-state index contributed by atoms with van der Waals surface area (Å²) in [5.41, 5.74) is 1.59. The number of hydrogen-bond acceptors (Lipinski definition) is 3. The van der Waals surface area contributed by atoms with Crippen LogP contribution < -0.4 is 4.31 Å². The Kier molecular flexibility index (Phi) is 6.72. The van der Waals surface area contributed by atoms with Gasteiger partial charge in [-0.05, 0) is 60.9 Å². The van der Waals surface area contributed by atoms with Crippen molar-refractivity contribution in [3.8, 4) is 0 Å². The number of carbonyl (C=O) groups is 1. The Hall–Kier alpha value is -2.63. The van der Waals surface area contributed by atoms with Crippen molar-refractivity contribution >= 4 is 33.2 Å². The molecule has 0 unspecified atom stereocenters. The Morgan fingerprint density at radius 3 is 2.24 bits per heavy atom. The van der Waals surface area contributed by atoms with E-state index in [2.05, 4.69) is 6.92 Å². The molecule has 0 spiro atoms. The lowest BCUT2D eigenvalue weighted by atomic mass is 10.1. The van der Waals surface area contributed by atoms with Crippen LogP contribution in [0.1, 0.15) is 35.7 Å². The number of amides is 1. The van der Waals surface area contributed by atoms with E-state index < -0.39 is 15.9 Å². The van der Waals surface area contributed by atoms with Crippen LogP contribution in [0.2, 0.25) is 5.02 Å². The molecule has 0 N–H and O–H groups in total. The minimum Gasteiger partial charge on any atom is -0.268 e. The van der Waals surface area contributed by atoms with Gasteiger partial charge in [-0.25, -0.2) is 8.42 Å². The molecule has 0 saturated carbocycles. The molecule has 3 aromatic rings. The molecule has 0 aliphatic heterocycles. The molecule has 0 bridgehead atoms. The Labute approximate surface area is 176 Å². The van der Waals surface area contributed by atoms with Crippen LogP contribution in [0.25, 0.3) is 0 Å². The van der Waals surface area contributed by atoms with E-state index >= 15 is 0 Å². The summed E-state index contributed by atoms with van der Waals surface area (Å²) >= 11 is 6.02. The Bertz CT molecular complexity index is 1080. The lowest BCUT2D eigenvalue weighted by Crippen LogP contribution is -2.37. The van der Waals surface area contributed by atoms with Crippen molar-refractivity contribution in [1.82, 2.24) is 0 Å². The molecule has 4 nitrogen and oxygen atoms in total. The van der Waals surface area contributed by atoms with Gasteiger partial charge >= 0.3 is 0 Å². The number of rotatable bonds is 7. The largest absolute Gasteiger partial charge is 0.272 e. The summed E-state index contributed by atoms with van der Waals surface area (Å²) in [5, 5.41) is 0.364. The summed E-state index contributed by atoms with van der Waals surface area (Å²) in [5.74, 6) is -0.655. The third-order valence-electron chi connectivity index (χ3n) is 4.53. The molecule has 3 rings (SSSR count). The highest BCUT2D eigenvalue weighted by Gasteiger charge is 2.31. The van der Waals surface area contributed by atoms with Gasteiger partial charge < -0.3 is 0 Å². The average Bonchev–Trinajstić information content (AvgIpc) is 2.74. The van der Waals surface area contributed by atoms with Crippen molar-refractivity contribution in [2.75, 3.05) is 4.31 Å². The smallest absolute Gasteiger partial charge is 0.268 e. The number of sulfonamides is 1. The maximum absolute atomic E-state index is 13.4. The van der Waals surface area contributed by atoms with Gasteiger partial charge in [0.25, 0.3) is 15.9 Å². The monoisotopic (exact) mass is 427 g/mol. The van der Waals surface area contributed by atoms with E-state index in [0.29, 0.717) is 10.7 Å². The van der Waals surface area contributed by atoms with E-state index in [1.807, 2.05) is 12.1 Å². The van der Waals surface area contributed by atoms with E-state index in [9.17, 15) is 13.2 Å². The second kappa shape index (κ2) is 9.25. The van der Waals surface area contributed by atoms with Gasteiger partial charge in [-0.2, -0.15) is 4.31 Å². The van der Waals surface area contributed by atoms with Crippen LogP contribution in [0.5, 0.6) is 0 Å². The van der Waals surface area contributed by atoms with Gasteiger partial charge in [0.15, 0.2) is 0 Å². The quantitative estimate of drug-likeness (QED) is 0.484. The summed E-state index contributed by atoms with van der Waals surface area (Å²) in [6, 6.07) is 21.3. The first kappa shape index (κ1) is 21.1. The molecule has 0 fully saturated rings. The van der Waals surface area contributed by atoms with Gasteiger partial charge in [0.1, 0.15) is 0 Å². The van der Waals surface area contributed by atoms with E-state index in [1.54, 1.807) is 48.5 Å². The second-order valence-corrected chi connectivity index (χ2v) is 8.89. The Morgan fingerprint density at radius 2 is 1.62 bits per heavy atom. The van der Waals surface area contributed by atoms with Crippen LogP contribution in [0, 0.1) is 0 Å². The van der Waals surface area contributed by atoms with Crippen molar-refractivity contribution in [1.29, 1.82) is 0 Å². The van der Waals surface area contributed by atoms with Crippen LogP contribution in [0.3, 0.4) is 0 Å². The van der Waals surface area contributed by atoms with Crippen molar-refractivity contribution in [3.05, 3.63) is 95.0 Å². The van der Waals surface area contributed by atoms with Crippen LogP contribution in [0.15, 0.2) is 83.8 Å². The molecule has 0 aromatic heterocycles. The molecule has 0 heterocycles. The van der Waals surface area contributed by atoms with Crippen molar-refractivity contribution < 1.29 is 13.2 Å². The Morgan fingerprint density at radius 1 is 0.931 bits per heavy atom. The maximum atomic E-state index is 13.4. The zero-order valence-corrected chi connectivity index (χ0v) is 17.7. The minimum atomic E-state index is -4.10. The molecular weight excluding hydrogens is 406 g/mol. The molecule has 0 atom stereocenters. The number of carbonyl (C=O) groups excluding carboxylic acids is 1. The number of benzene rings is 3. The standard InChI is InChI=1S/C23H22ClNO3S/c1-2-3-8-18-13-15-21(16-14-18)25(23(26)19-9-7-10-20(24)17-19)29(27,28)22-11-5-4-6-12-22/h4-7,9-17H,2-3,8H2,1H3. The fourth-order valence-corrected chi connectivity index (χ4v) is 4.61. The van der Waals surface area contributed by atoms with E-state index in [0.717, 1.165) is 29.1 Å². The van der Waals surface area contributed by atoms with Gasteiger partial charge in [-0.15, -0.1) is 0 Å². The highest BCUT2D eigenvalue weighted by molar-refractivity contribution is 7.93. The lowest BCUT2D eigenvalue weighted by Gasteiger charge is -2.23. The third-order valence-corrected chi connectivity index (χ3v) is 6.49. The molecule has 29 heavy (non-hydrogen) atoms. The topological polar surface area (TPSA) is 54.5 Å². The predicted molar refractivity (Wildman–Crippen MR) is 117 cm³/mol. The number of anilines is 1. The van der Waals surface area contributed by atoms with Gasteiger partial charge in [0.05, 0.1) is 10.6 Å². The first-order chi connectivity index (χ1) is 13.9. The van der Waals surface area contributed by atoms with Crippen molar-refractivity contribution in [2.24, 2.45) is 0 Å². The fraction of sp³-hybridized carbons (Fsp3) is 0.174. The molecule has 0 aliphatic rings. The van der Waals surface area contributed by atoms with Crippen LogP contribution in [-0.4, -0.2) is 14.3 Å². The molecule has 1 amide bonds. The van der Waals surface area contributed by atoms with E-state index in [-0.39, 0.29) is 10.5 Å². The second-order valence-electron chi connectivity index (χ2n) is 6.67. The zero-order valence-electron chi connectivity index (χ0n) is 16.1. The number of unbranched alkanes of at least 4 members (excludes halogenated alkanes) is 1. The van der Waals surface area contributed by atoms with Gasteiger partial charge in [0.2, 0.25) is 0 Å². The summed E-state index contributed by atoms with van der Waals surface area (Å²) in [6.45, 7) is 2.12. The molecule has 0 radical (unpaired) electrons. The van der Waals surface area contributed by atoms with Crippen LogP contribution >= 0.6 is 11.6 Å². The molecule has 6 heteroatoms. The number of nitrogens with zero attached hydrogens (tertiary/aromatic N) is 1. The molecule has 0 saturated heterocycles. The molecular formula is C23H22ClNO3S. The SMILES string of the molecule is CCCCc1ccc(N(C(=O)c2cccc(Cl)c2)S(=O)(=O)c2ccccc2)cc1. The van der Waals surface area contributed by atoms with Gasteiger partial charge in [-0.3, -0.25) is 4.79 Å². The molecule has 3 aromatic carbocycles. The summed E-state index contributed by atoms with van der Waals surface area (Å²) < 4.78 is 27.6. The number of aryl methyl sites for hydroxylation is 1. The zero-order chi connectivity index (χ0) is 20.9. The maximum Gasteiger partial charge on any atom is 0.272 e. The first-order valence-corrected chi connectivity index (χ1v) is 11.2. The summed E-state index contributed by atoms with van der Waals surface area (Å²) in [7, 11) is -4.10. The molecule has 150 valence electrons. The lowest BCUT2D eigenvalue weighted by molar-refractivity contribution is 0.101. The highest BCUT2D eigenvalue weighted by Crippen LogP contribution is 2.27. The summed E-state index contributed by atoms with van der Waals surface area (Å²) in [4.78, 5) is 13.3. The minimum absolute atomic E-state index is 0.0467. The first-order valence-electron chi connectivity index (χ1n) is 9.42. The normalized spacial score (nSPS) is 11.2. The van der Waals surface area contributed by atoms with Gasteiger partial charge in [-0.1, -0.05) is 61.3 Å². The summed E-state index contributed by atoms with van der Waals surface area (Å²) in [6.07, 6.45) is 3.03. The molecule has 0 aliphatic carbocycles. The third kappa shape index (κ3) is 4.86.